The lowest BCUT2D eigenvalue weighted by Crippen LogP contribution is -2.17. The van der Waals surface area contributed by atoms with Crippen molar-refractivity contribution >= 4 is 23.2 Å². The Hall–Kier alpha value is -2.79. The van der Waals surface area contributed by atoms with E-state index in [0.717, 1.165) is 24.2 Å². The lowest BCUT2D eigenvalue weighted by atomic mass is 10.2. The first kappa shape index (κ1) is 16.7. The van der Waals surface area contributed by atoms with E-state index in [1.54, 1.807) is 30.0 Å². The third-order valence-electron chi connectivity index (χ3n) is 4.37. The van der Waals surface area contributed by atoms with Gasteiger partial charge in [0.05, 0.1) is 23.5 Å². The van der Waals surface area contributed by atoms with Gasteiger partial charge in [-0.15, -0.1) is 0 Å². The van der Waals surface area contributed by atoms with Gasteiger partial charge < -0.3 is 10.1 Å². The number of nitrogens with one attached hydrogen (secondary N) is 1. The van der Waals surface area contributed by atoms with E-state index in [4.69, 9.17) is 16.3 Å². The van der Waals surface area contributed by atoms with Crippen LogP contribution in [-0.4, -0.2) is 22.8 Å². The number of ether oxygens (including phenoxy) is 1. The molecule has 1 N–H and O–H groups in total. The number of benzene rings is 2. The van der Waals surface area contributed by atoms with Gasteiger partial charge in [0.15, 0.2) is 0 Å². The lowest BCUT2D eigenvalue weighted by molar-refractivity contribution is 0.101. The molecule has 1 heterocycles. The van der Waals surface area contributed by atoms with Crippen LogP contribution in [0, 0.1) is 0 Å². The van der Waals surface area contributed by atoms with Gasteiger partial charge in [0.25, 0.3) is 5.91 Å². The minimum absolute atomic E-state index is 0.227. The molecule has 1 amide bonds. The fourth-order valence-corrected chi connectivity index (χ4v) is 3.10. The molecule has 1 fully saturated rings. The van der Waals surface area contributed by atoms with E-state index in [0.29, 0.717) is 28.1 Å². The standard InChI is InChI=1S/C20H18ClN3O2/c1-26-19-10-9-14(11-16(19)21)22-20(25)18-12-17(13-7-8-13)23-24(18)15-5-3-2-4-6-15/h2-6,9-13H,7-8H2,1H3,(H,22,25). The first-order valence-corrected chi connectivity index (χ1v) is 8.84. The zero-order valence-corrected chi connectivity index (χ0v) is 15.0. The van der Waals surface area contributed by atoms with Crippen LogP contribution in [0.1, 0.15) is 34.9 Å². The molecule has 0 unspecified atom stereocenters. The molecule has 4 rings (SSSR count). The Balaban J connectivity index is 1.66. The fourth-order valence-electron chi connectivity index (χ4n) is 2.85. The molecule has 1 aliphatic rings. The highest BCUT2D eigenvalue weighted by atomic mass is 35.5. The van der Waals surface area contributed by atoms with E-state index in [-0.39, 0.29) is 5.91 Å². The van der Waals surface area contributed by atoms with E-state index < -0.39 is 0 Å². The van der Waals surface area contributed by atoms with E-state index in [2.05, 4.69) is 10.4 Å². The van der Waals surface area contributed by atoms with Crippen molar-refractivity contribution in [3.8, 4) is 11.4 Å². The second kappa shape index (κ2) is 6.84. The summed E-state index contributed by atoms with van der Waals surface area (Å²) in [5.41, 5.74) is 2.93. The maximum absolute atomic E-state index is 12.9. The number of aromatic nitrogens is 2. The second-order valence-corrected chi connectivity index (χ2v) is 6.69. The Morgan fingerprint density at radius 3 is 2.62 bits per heavy atom. The number of hydrogen-bond donors (Lipinski definition) is 1. The number of rotatable bonds is 5. The van der Waals surface area contributed by atoms with Gasteiger partial charge in [0.2, 0.25) is 0 Å². The number of para-hydroxylation sites is 1. The van der Waals surface area contributed by atoms with Crippen molar-refractivity contribution in [1.29, 1.82) is 0 Å². The molecule has 0 saturated heterocycles. The highest BCUT2D eigenvalue weighted by molar-refractivity contribution is 6.32. The topological polar surface area (TPSA) is 56.1 Å². The predicted octanol–water partition coefficient (Wildman–Crippen LogP) is 4.66. The molecule has 0 spiro atoms. The average molecular weight is 368 g/mol. The molecular formula is C20H18ClN3O2. The molecule has 0 bridgehead atoms. The number of methoxy groups -OCH3 is 1. The second-order valence-electron chi connectivity index (χ2n) is 6.28. The third-order valence-corrected chi connectivity index (χ3v) is 4.66. The molecule has 0 atom stereocenters. The highest BCUT2D eigenvalue weighted by Gasteiger charge is 2.29. The van der Waals surface area contributed by atoms with Crippen LogP contribution in [-0.2, 0) is 0 Å². The van der Waals surface area contributed by atoms with Crippen molar-refractivity contribution < 1.29 is 9.53 Å². The average Bonchev–Trinajstić information content (AvgIpc) is 3.41. The normalized spacial score (nSPS) is 13.5. The van der Waals surface area contributed by atoms with E-state index >= 15 is 0 Å². The lowest BCUT2D eigenvalue weighted by Gasteiger charge is -2.10. The van der Waals surface area contributed by atoms with Gasteiger partial charge in [-0.1, -0.05) is 29.8 Å². The van der Waals surface area contributed by atoms with Gasteiger partial charge in [0.1, 0.15) is 11.4 Å². The first-order valence-electron chi connectivity index (χ1n) is 8.46. The number of anilines is 1. The van der Waals surface area contributed by atoms with Gasteiger partial charge in [-0.2, -0.15) is 5.10 Å². The summed E-state index contributed by atoms with van der Waals surface area (Å²) in [7, 11) is 1.55. The molecule has 2 aromatic carbocycles. The Morgan fingerprint density at radius 1 is 1.19 bits per heavy atom. The molecule has 0 aliphatic heterocycles. The van der Waals surface area contributed by atoms with E-state index in [9.17, 15) is 4.79 Å². The number of carbonyl (C=O) groups excluding carboxylic acids is 1. The summed E-state index contributed by atoms with van der Waals surface area (Å²) in [5.74, 6) is 0.798. The maximum Gasteiger partial charge on any atom is 0.274 e. The SMILES string of the molecule is COc1ccc(NC(=O)c2cc(C3CC3)nn2-c2ccccc2)cc1Cl. The molecule has 3 aromatic rings. The van der Waals surface area contributed by atoms with Gasteiger partial charge in [-0.3, -0.25) is 4.79 Å². The minimum atomic E-state index is -0.227. The molecule has 1 aromatic heterocycles. The Labute approximate surface area is 156 Å². The van der Waals surface area contributed by atoms with Gasteiger partial charge >= 0.3 is 0 Å². The fraction of sp³-hybridized carbons (Fsp3) is 0.200. The van der Waals surface area contributed by atoms with Crippen LogP contribution in [0.25, 0.3) is 5.69 Å². The largest absolute Gasteiger partial charge is 0.495 e. The number of halogens is 1. The van der Waals surface area contributed by atoms with Crippen LogP contribution in [0.4, 0.5) is 5.69 Å². The third kappa shape index (κ3) is 3.30. The highest BCUT2D eigenvalue weighted by Crippen LogP contribution is 2.39. The summed E-state index contributed by atoms with van der Waals surface area (Å²) in [6.45, 7) is 0. The molecule has 26 heavy (non-hydrogen) atoms. The number of amides is 1. The molecule has 1 aliphatic carbocycles. The Bertz CT molecular complexity index is 949. The number of hydrogen-bond acceptors (Lipinski definition) is 3. The first-order chi connectivity index (χ1) is 12.7. The number of nitrogens with zero attached hydrogens (tertiary/aromatic N) is 2. The van der Waals surface area contributed by atoms with Crippen molar-refractivity contribution in [2.75, 3.05) is 12.4 Å². The van der Waals surface area contributed by atoms with E-state index in [1.165, 1.54) is 0 Å². The van der Waals surface area contributed by atoms with Crippen LogP contribution in [0.2, 0.25) is 5.02 Å². The van der Waals surface area contributed by atoms with Crippen LogP contribution in [0.15, 0.2) is 54.6 Å². The molecule has 5 nitrogen and oxygen atoms in total. The van der Waals surface area contributed by atoms with Crippen LogP contribution < -0.4 is 10.1 Å². The van der Waals surface area contributed by atoms with Crippen molar-refractivity contribution in [2.45, 2.75) is 18.8 Å². The van der Waals surface area contributed by atoms with Crippen LogP contribution >= 0.6 is 11.6 Å². The Morgan fingerprint density at radius 2 is 1.96 bits per heavy atom. The smallest absolute Gasteiger partial charge is 0.274 e. The summed E-state index contributed by atoms with van der Waals surface area (Å²) in [4.78, 5) is 12.9. The summed E-state index contributed by atoms with van der Waals surface area (Å²) in [6, 6.07) is 16.7. The predicted molar refractivity (Wildman–Crippen MR) is 101 cm³/mol. The molecule has 6 heteroatoms. The summed E-state index contributed by atoms with van der Waals surface area (Å²) in [6.07, 6.45) is 2.25. The molecule has 0 radical (unpaired) electrons. The van der Waals surface area contributed by atoms with Gasteiger partial charge in [0, 0.05) is 11.6 Å². The number of carbonyl (C=O) groups is 1. The summed E-state index contributed by atoms with van der Waals surface area (Å²) < 4.78 is 6.85. The zero-order valence-electron chi connectivity index (χ0n) is 14.3. The summed E-state index contributed by atoms with van der Waals surface area (Å²) >= 11 is 6.15. The van der Waals surface area contributed by atoms with Gasteiger partial charge in [-0.25, -0.2) is 4.68 Å². The van der Waals surface area contributed by atoms with Crippen molar-refractivity contribution in [2.24, 2.45) is 0 Å². The van der Waals surface area contributed by atoms with Crippen LogP contribution in [0.5, 0.6) is 5.75 Å². The monoisotopic (exact) mass is 367 g/mol. The zero-order chi connectivity index (χ0) is 18.1. The molecule has 1 saturated carbocycles. The van der Waals surface area contributed by atoms with Crippen molar-refractivity contribution in [3.05, 3.63) is 71.0 Å². The van der Waals surface area contributed by atoms with Crippen molar-refractivity contribution in [1.82, 2.24) is 9.78 Å². The Kier molecular flexibility index (Phi) is 4.39. The molecule has 132 valence electrons. The van der Waals surface area contributed by atoms with Gasteiger partial charge in [-0.05, 0) is 49.2 Å². The van der Waals surface area contributed by atoms with E-state index in [1.807, 2.05) is 36.4 Å². The quantitative estimate of drug-likeness (QED) is 0.713. The maximum atomic E-state index is 12.9. The molecular weight excluding hydrogens is 350 g/mol. The minimum Gasteiger partial charge on any atom is -0.495 e. The van der Waals surface area contributed by atoms with Crippen molar-refractivity contribution in [3.63, 3.8) is 0 Å². The van der Waals surface area contributed by atoms with Crippen LogP contribution in [0.3, 0.4) is 0 Å². The summed E-state index contributed by atoms with van der Waals surface area (Å²) in [5, 5.41) is 8.00.